The van der Waals surface area contributed by atoms with Crippen molar-refractivity contribution in [2.45, 2.75) is 25.4 Å². The molecule has 0 bridgehead atoms. The van der Waals surface area contributed by atoms with Crippen LogP contribution >= 0.6 is 24.0 Å². The van der Waals surface area contributed by atoms with Crippen LogP contribution in [0.4, 0.5) is 0 Å². The molecule has 164 valence electrons. The molecule has 1 heterocycles. The van der Waals surface area contributed by atoms with Crippen LogP contribution in [-0.4, -0.2) is 57.8 Å². The number of rotatable bonds is 8. The molecular weight excluding hydrogens is 491 g/mol. The average molecular weight is 524 g/mol. The summed E-state index contributed by atoms with van der Waals surface area (Å²) in [6, 6.07) is 17.0. The molecular formula is C23H33IN4O2. The molecule has 1 aliphatic rings. The fraction of sp³-hybridized carbons (Fsp3) is 0.435. The highest BCUT2D eigenvalue weighted by atomic mass is 127. The van der Waals surface area contributed by atoms with E-state index in [4.69, 9.17) is 9.47 Å². The normalized spacial score (nSPS) is 16.6. The number of nitrogens with one attached hydrogen (secondary N) is 2. The summed E-state index contributed by atoms with van der Waals surface area (Å²) in [5.41, 5.74) is 2.53. The third kappa shape index (κ3) is 7.36. The van der Waals surface area contributed by atoms with Crippen LogP contribution in [0.3, 0.4) is 0 Å². The Morgan fingerprint density at radius 1 is 1.07 bits per heavy atom. The molecule has 1 atom stereocenters. The number of ether oxygens (including phenoxy) is 2. The lowest BCUT2D eigenvalue weighted by Gasteiger charge is -2.19. The van der Waals surface area contributed by atoms with E-state index in [2.05, 4.69) is 56.9 Å². The van der Waals surface area contributed by atoms with Gasteiger partial charge in [0.1, 0.15) is 11.5 Å². The number of guanidine groups is 1. The number of methoxy groups -OCH3 is 2. The topological polar surface area (TPSA) is 58.1 Å². The molecule has 7 heteroatoms. The van der Waals surface area contributed by atoms with Crippen LogP contribution in [0.1, 0.15) is 17.5 Å². The van der Waals surface area contributed by atoms with Gasteiger partial charge in [-0.1, -0.05) is 30.3 Å². The van der Waals surface area contributed by atoms with Gasteiger partial charge in [0.2, 0.25) is 0 Å². The zero-order chi connectivity index (χ0) is 20.5. The summed E-state index contributed by atoms with van der Waals surface area (Å²) < 4.78 is 10.8. The van der Waals surface area contributed by atoms with Gasteiger partial charge >= 0.3 is 0 Å². The van der Waals surface area contributed by atoms with Gasteiger partial charge in [0, 0.05) is 45.3 Å². The average Bonchev–Trinajstić information content (AvgIpc) is 3.20. The molecule has 1 aliphatic heterocycles. The molecule has 2 aromatic rings. The number of hydrogen-bond donors (Lipinski definition) is 2. The third-order valence-corrected chi connectivity index (χ3v) is 5.20. The van der Waals surface area contributed by atoms with E-state index in [1.54, 1.807) is 14.2 Å². The van der Waals surface area contributed by atoms with E-state index in [0.29, 0.717) is 6.04 Å². The Balaban J connectivity index is 0.00000320. The van der Waals surface area contributed by atoms with Gasteiger partial charge in [-0.05, 0) is 36.1 Å². The lowest BCUT2D eigenvalue weighted by atomic mass is 10.1. The van der Waals surface area contributed by atoms with Gasteiger partial charge in [-0.2, -0.15) is 0 Å². The highest BCUT2D eigenvalue weighted by Crippen LogP contribution is 2.24. The van der Waals surface area contributed by atoms with Crippen molar-refractivity contribution in [3.8, 4) is 11.5 Å². The Morgan fingerprint density at radius 3 is 2.40 bits per heavy atom. The monoisotopic (exact) mass is 524 g/mol. The van der Waals surface area contributed by atoms with E-state index in [9.17, 15) is 0 Å². The minimum absolute atomic E-state index is 0. The van der Waals surface area contributed by atoms with E-state index in [1.165, 1.54) is 11.1 Å². The van der Waals surface area contributed by atoms with Crippen LogP contribution in [-0.2, 0) is 13.0 Å². The molecule has 2 aromatic carbocycles. The minimum Gasteiger partial charge on any atom is -0.497 e. The number of halogens is 1. The van der Waals surface area contributed by atoms with Crippen molar-refractivity contribution in [2.24, 2.45) is 4.99 Å². The lowest BCUT2D eigenvalue weighted by molar-refractivity contribution is 0.321. The second-order valence-electron chi connectivity index (χ2n) is 7.32. The summed E-state index contributed by atoms with van der Waals surface area (Å²) in [6.45, 7) is 3.78. The SMILES string of the molecule is CN=C(NCCc1ccccc1)NC1CCN(Cc2cc(OC)cc(OC)c2)C1.I. The van der Waals surface area contributed by atoms with Crippen molar-refractivity contribution < 1.29 is 9.47 Å². The maximum Gasteiger partial charge on any atom is 0.191 e. The Hall–Kier alpha value is -2.00. The largest absolute Gasteiger partial charge is 0.497 e. The molecule has 3 rings (SSSR count). The van der Waals surface area contributed by atoms with Crippen LogP contribution in [0.2, 0.25) is 0 Å². The van der Waals surface area contributed by atoms with Gasteiger partial charge in [-0.3, -0.25) is 9.89 Å². The van der Waals surface area contributed by atoms with Crippen LogP contribution in [0, 0.1) is 0 Å². The summed E-state index contributed by atoms with van der Waals surface area (Å²) in [5, 5.41) is 6.99. The van der Waals surface area contributed by atoms with E-state index >= 15 is 0 Å². The smallest absolute Gasteiger partial charge is 0.191 e. The van der Waals surface area contributed by atoms with E-state index in [0.717, 1.165) is 56.5 Å². The van der Waals surface area contributed by atoms with Crippen molar-refractivity contribution in [1.82, 2.24) is 15.5 Å². The quantitative estimate of drug-likeness (QED) is 0.316. The molecule has 0 radical (unpaired) electrons. The highest BCUT2D eigenvalue weighted by Gasteiger charge is 2.23. The molecule has 0 saturated carbocycles. The van der Waals surface area contributed by atoms with Crippen molar-refractivity contribution in [2.75, 3.05) is 40.9 Å². The molecule has 0 amide bonds. The maximum atomic E-state index is 5.38. The van der Waals surface area contributed by atoms with E-state index in [1.807, 2.05) is 19.2 Å². The van der Waals surface area contributed by atoms with Gasteiger partial charge in [-0.15, -0.1) is 24.0 Å². The number of benzene rings is 2. The van der Waals surface area contributed by atoms with E-state index < -0.39 is 0 Å². The van der Waals surface area contributed by atoms with Gasteiger partial charge in [0.25, 0.3) is 0 Å². The number of nitrogens with zero attached hydrogens (tertiary/aromatic N) is 2. The zero-order valence-corrected chi connectivity index (χ0v) is 20.4. The summed E-state index contributed by atoms with van der Waals surface area (Å²) in [4.78, 5) is 6.83. The van der Waals surface area contributed by atoms with Crippen molar-refractivity contribution in [3.63, 3.8) is 0 Å². The molecule has 1 saturated heterocycles. The van der Waals surface area contributed by atoms with Gasteiger partial charge < -0.3 is 20.1 Å². The Morgan fingerprint density at radius 2 is 1.77 bits per heavy atom. The van der Waals surface area contributed by atoms with Crippen molar-refractivity contribution in [3.05, 3.63) is 59.7 Å². The number of aliphatic imine (C=N–C) groups is 1. The first-order valence-corrected chi connectivity index (χ1v) is 10.2. The molecule has 6 nitrogen and oxygen atoms in total. The number of hydrogen-bond acceptors (Lipinski definition) is 4. The van der Waals surface area contributed by atoms with Gasteiger partial charge in [0.05, 0.1) is 14.2 Å². The molecule has 1 unspecified atom stereocenters. The van der Waals surface area contributed by atoms with Crippen LogP contribution in [0.5, 0.6) is 11.5 Å². The van der Waals surface area contributed by atoms with E-state index in [-0.39, 0.29) is 24.0 Å². The van der Waals surface area contributed by atoms with Crippen LogP contribution in [0.25, 0.3) is 0 Å². The van der Waals surface area contributed by atoms with Crippen LogP contribution in [0.15, 0.2) is 53.5 Å². The molecule has 0 spiro atoms. The Bertz CT molecular complexity index is 779. The Labute approximate surface area is 197 Å². The Kier molecular flexibility index (Phi) is 10.2. The van der Waals surface area contributed by atoms with Crippen molar-refractivity contribution >= 4 is 29.9 Å². The van der Waals surface area contributed by atoms with Crippen LogP contribution < -0.4 is 20.1 Å². The predicted molar refractivity (Wildman–Crippen MR) is 133 cm³/mol. The first kappa shape index (κ1) is 24.3. The standard InChI is InChI=1S/C23H32N4O2.HI/c1-24-23(25-11-9-18-7-5-4-6-8-18)26-20-10-12-27(17-20)16-19-13-21(28-2)15-22(14-19)29-3;/h4-8,13-15,20H,9-12,16-17H2,1-3H3,(H2,24,25,26);1H. The minimum atomic E-state index is 0. The highest BCUT2D eigenvalue weighted by molar-refractivity contribution is 14.0. The molecule has 0 aromatic heterocycles. The second kappa shape index (κ2) is 12.6. The fourth-order valence-corrected chi connectivity index (χ4v) is 3.67. The second-order valence-corrected chi connectivity index (χ2v) is 7.32. The fourth-order valence-electron chi connectivity index (χ4n) is 3.67. The van der Waals surface area contributed by atoms with Gasteiger partial charge in [-0.25, -0.2) is 0 Å². The first-order chi connectivity index (χ1) is 14.2. The molecule has 30 heavy (non-hydrogen) atoms. The lowest BCUT2D eigenvalue weighted by Crippen LogP contribution is -2.45. The zero-order valence-electron chi connectivity index (χ0n) is 18.1. The summed E-state index contributed by atoms with van der Waals surface area (Å²) in [7, 11) is 5.20. The van der Waals surface area contributed by atoms with Gasteiger partial charge in [0.15, 0.2) is 5.96 Å². The molecule has 2 N–H and O–H groups in total. The number of likely N-dealkylation sites (tertiary alicyclic amines) is 1. The van der Waals surface area contributed by atoms with Crippen molar-refractivity contribution in [1.29, 1.82) is 0 Å². The first-order valence-electron chi connectivity index (χ1n) is 10.2. The predicted octanol–water partition coefficient (Wildman–Crippen LogP) is 3.30. The molecule has 1 fully saturated rings. The summed E-state index contributed by atoms with van der Waals surface area (Å²) >= 11 is 0. The maximum absolute atomic E-state index is 5.38. The third-order valence-electron chi connectivity index (χ3n) is 5.20. The molecule has 0 aliphatic carbocycles. The summed E-state index contributed by atoms with van der Waals surface area (Å²) in [5.74, 6) is 2.53. The summed E-state index contributed by atoms with van der Waals surface area (Å²) in [6.07, 6.45) is 2.08.